The van der Waals surface area contributed by atoms with Crippen LogP contribution in [0, 0.1) is 23.7 Å². The Morgan fingerprint density at radius 2 is 1.48 bits per heavy atom. The minimum atomic E-state index is -0.616. The van der Waals surface area contributed by atoms with Crippen molar-refractivity contribution in [3.05, 3.63) is 96.1 Å². The maximum Gasteiger partial charge on any atom is 0.339 e. The van der Waals surface area contributed by atoms with E-state index in [1.54, 1.807) is 48.5 Å². The van der Waals surface area contributed by atoms with Crippen LogP contribution < -0.4 is 4.90 Å². The monoisotopic (exact) mass is 530 g/mol. The van der Waals surface area contributed by atoms with E-state index in [9.17, 15) is 19.2 Å². The van der Waals surface area contributed by atoms with Crippen molar-refractivity contribution >= 4 is 40.2 Å². The van der Waals surface area contributed by atoms with Gasteiger partial charge >= 0.3 is 5.97 Å². The Kier molecular flexibility index (Phi) is 5.81. The molecule has 4 aromatic rings. The van der Waals surface area contributed by atoms with Crippen LogP contribution in [0.2, 0.25) is 0 Å². The summed E-state index contributed by atoms with van der Waals surface area (Å²) in [5, 5.41) is 0.620. The number of benzene rings is 3. The van der Waals surface area contributed by atoms with E-state index in [1.807, 2.05) is 36.4 Å². The van der Waals surface area contributed by atoms with Crippen molar-refractivity contribution in [3.63, 3.8) is 0 Å². The van der Waals surface area contributed by atoms with E-state index in [1.165, 1.54) is 4.90 Å². The molecule has 2 heterocycles. The first-order valence-electron chi connectivity index (χ1n) is 13.6. The molecule has 2 aliphatic carbocycles. The summed E-state index contributed by atoms with van der Waals surface area (Å²) in [7, 11) is 0. The van der Waals surface area contributed by atoms with Crippen molar-refractivity contribution in [2.24, 2.45) is 23.7 Å². The number of aromatic nitrogens is 1. The SMILES string of the molecule is O=C(COC(=O)c1cc(-c2ccc(N3C(=O)[C@@H]4[C@H]5CC[C@@H](C5)[C@H]4C3=O)cc2)nc2ccccc12)c1ccccc1. The fourth-order valence-corrected chi connectivity index (χ4v) is 6.85. The summed E-state index contributed by atoms with van der Waals surface area (Å²) < 4.78 is 5.41. The van der Waals surface area contributed by atoms with Crippen LogP contribution >= 0.6 is 0 Å². The number of ether oxygens (including phenoxy) is 1. The van der Waals surface area contributed by atoms with Gasteiger partial charge in [-0.1, -0.05) is 60.7 Å². The van der Waals surface area contributed by atoms with Gasteiger partial charge in [0.1, 0.15) is 0 Å². The average molecular weight is 531 g/mol. The van der Waals surface area contributed by atoms with Crippen LogP contribution in [0.1, 0.15) is 40.0 Å². The zero-order valence-corrected chi connectivity index (χ0v) is 21.7. The fourth-order valence-electron chi connectivity index (χ4n) is 6.85. The molecular formula is C33H26N2O5. The number of fused-ring (bicyclic) bond motifs is 6. The maximum absolute atomic E-state index is 13.2. The van der Waals surface area contributed by atoms with Gasteiger partial charge < -0.3 is 4.74 Å². The number of carbonyl (C=O) groups excluding carboxylic acids is 4. The predicted octanol–water partition coefficient (Wildman–Crippen LogP) is 5.48. The Balaban J connectivity index is 1.16. The lowest BCUT2D eigenvalue weighted by Crippen LogP contribution is -2.32. The highest BCUT2D eigenvalue weighted by atomic mass is 16.5. The van der Waals surface area contributed by atoms with Crippen molar-refractivity contribution in [3.8, 4) is 11.3 Å². The minimum Gasteiger partial charge on any atom is -0.454 e. The number of carbonyl (C=O) groups is 4. The highest BCUT2D eigenvalue weighted by Crippen LogP contribution is 2.56. The number of rotatable bonds is 6. The second-order valence-electron chi connectivity index (χ2n) is 10.9. The molecule has 3 aliphatic rings. The van der Waals surface area contributed by atoms with Crippen LogP contribution in [0.15, 0.2) is 84.9 Å². The molecule has 2 bridgehead atoms. The third kappa shape index (κ3) is 3.92. The van der Waals surface area contributed by atoms with E-state index in [0.29, 0.717) is 45.2 Å². The molecule has 7 nitrogen and oxygen atoms in total. The summed E-state index contributed by atoms with van der Waals surface area (Å²) in [6.07, 6.45) is 3.07. The summed E-state index contributed by atoms with van der Waals surface area (Å²) in [6.45, 7) is -0.370. The van der Waals surface area contributed by atoms with E-state index < -0.39 is 5.97 Å². The van der Waals surface area contributed by atoms with Crippen molar-refractivity contribution in [2.75, 3.05) is 11.5 Å². The van der Waals surface area contributed by atoms with Gasteiger partial charge in [0, 0.05) is 16.5 Å². The molecule has 0 unspecified atom stereocenters. The van der Waals surface area contributed by atoms with Gasteiger partial charge in [-0.15, -0.1) is 0 Å². The Morgan fingerprint density at radius 3 is 2.17 bits per heavy atom. The smallest absolute Gasteiger partial charge is 0.339 e. The quantitative estimate of drug-likeness (QED) is 0.186. The third-order valence-corrected chi connectivity index (χ3v) is 8.71. The molecule has 1 aromatic heterocycles. The van der Waals surface area contributed by atoms with Crippen LogP contribution in [-0.2, 0) is 14.3 Å². The molecule has 3 aromatic carbocycles. The molecule has 40 heavy (non-hydrogen) atoms. The van der Waals surface area contributed by atoms with Crippen molar-refractivity contribution in [1.29, 1.82) is 0 Å². The standard InChI is InChI=1S/C33H26N2O5/c36-28(20-6-2-1-3-7-20)18-40-33(39)25-17-27(34-26-9-5-4-8-24(25)26)19-12-14-23(15-13-19)35-31(37)29-21-10-11-22(16-21)30(29)32(35)38/h1-9,12-15,17,21-22,29-30H,10-11,16,18H2/t21-,22-,29+,30+/m0/s1. The lowest BCUT2D eigenvalue weighted by molar-refractivity contribution is -0.123. The summed E-state index contributed by atoms with van der Waals surface area (Å²) in [5.74, 6) is -0.729. The molecular weight excluding hydrogens is 504 g/mol. The van der Waals surface area contributed by atoms with Gasteiger partial charge in [0.05, 0.1) is 34.3 Å². The highest BCUT2D eigenvalue weighted by Gasteiger charge is 2.61. The molecule has 0 radical (unpaired) electrons. The zero-order chi connectivity index (χ0) is 27.4. The summed E-state index contributed by atoms with van der Waals surface area (Å²) in [4.78, 5) is 58.2. The third-order valence-electron chi connectivity index (χ3n) is 8.71. The second-order valence-corrected chi connectivity index (χ2v) is 10.9. The van der Waals surface area contributed by atoms with E-state index in [-0.39, 0.29) is 36.0 Å². The summed E-state index contributed by atoms with van der Waals surface area (Å²) in [6, 6.07) is 24.8. The van der Waals surface area contributed by atoms with Gasteiger partial charge in [0.15, 0.2) is 12.4 Å². The Labute approximate surface area is 230 Å². The fraction of sp³-hybridized carbons (Fsp3) is 0.242. The number of ketones is 1. The van der Waals surface area contributed by atoms with Crippen LogP contribution in [-0.4, -0.2) is 35.2 Å². The van der Waals surface area contributed by atoms with Crippen molar-refractivity contribution < 1.29 is 23.9 Å². The van der Waals surface area contributed by atoms with Gasteiger partial charge in [-0.3, -0.25) is 19.3 Å². The van der Waals surface area contributed by atoms with E-state index in [4.69, 9.17) is 9.72 Å². The molecule has 2 amide bonds. The largest absolute Gasteiger partial charge is 0.454 e. The molecule has 3 fully saturated rings. The number of amides is 2. The molecule has 198 valence electrons. The average Bonchev–Trinajstić information content (AvgIpc) is 3.69. The molecule has 1 aliphatic heterocycles. The summed E-state index contributed by atoms with van der Waals surface area (Å²) >= 11 is 0. The predicted molar refractivity (Wildman–Crippen MR) is 149 cm³/mol. The lowest BCUT2D eigenvalue weighted by Gasteiger charge is -2.19. The molecule has 0 spiro atoms. The number of nitrogens with zero attached hydrogens (tertiary/aromatic N) is 2. The molecule has 4 atom stereocenters. The van der Waals surface area contributed by atoms with E-state index in [0.717, 1.165) is 24.8 Å². The lowest BCUT2D eigenvalue weighted by atomic mass is 9.81. The number of hydrogen-bond acceptors (Lipinski definition) is 6. The first-order chi connectivity index (χ1) is 19.5. The zero-order valence-electron chi connectivity index (χ0n) is 21.7. The van der Waals surface area contributed by atoms with Gasteiger partial charge in [0.2, 0.25) is 11.8 Å². The summed E-state index contributed by atoms with van der Waals surface area (Å²) in [5.41, 5.74) is 3.22. The topological polar surface area (TPSA) is 93.6 Å². The molecule has 7 rings (SSSR count). The van der Waals surface area contributed by atoms with E-state index >= 15 is 0 Å². The van der Waals surface area contributed by atoms with Crippen LogP contribution in [0.3, 0.4) is 0 Å². The first kappa shape index (κ1) is 24.4. The minimum absolute atomic E-state index is 0.0751. The number of esters is 1. The maximum atomic E-state index is 13.2. The molecule has 2 saturated carbocycles. The Morgan fingerprint density at radius 1 is 0.825 bits per heavy atom. The van der Waals surface area contributed by atoms with Gasteiger partial charge in [-0.2, -0.15) is 0 Å². The van der Waals surface area contributed by atoms with Crippen LogP contribution in [0.4, 0.5) is 5.69 Å². The normalized spacial score (nSPS) is 23.1. The van der Waals surface area contributed by atoms with Crippen LogP contribution in [0.25, 0.3) is 22.2 Å². The number of hydrogen-bond donors (Lipinski definition) is 0. The second kappa shape index (κ2) is 9.52. The van der Waals surface area contributed by atoms with Crippen molar-refractivity contribution in [2.45, 2.75) is 19.3 Å². The number of pyridine rings is 1. The van der Waals surface area contributed by atoms with Gasteiger partial charge in [-0.25, -0.2) is 9.78 Å². The molecule has 0 N–H and O–H groups in total. The molecule has 7 heteroatoms. The van der Waals surface area contributed by atoms with Gasteiger partial charge in [0.25, 0.3) is 0 Å². The Hall–Kier alpha value is -4.65. The highest BCUT2D eigenvalue weighted by molar-refractivity contribution is 6.22. The van der Waals surface area contributed by atoms with E-state index in [2.05, 4.69) is 0 Å². The number of imide groups is 1. The van der Waals surface area contributed by atoms with Crippen LogP contribution in [0.5, 0.6) is 0 Å². The van der Waals surface area contributed by atoms with Gasteiger partial charge in [-0.05, 0) is 55.4 Å². The number of Topliss-reactive ketones (excluding diaryl/α,β-unsaturated/α-hetero) is 1. The van der Waals surface area contributed by atoms with Crippen molar-refractivity contribution in [1.82, 2.24) is 4.98 Å². The molecule has 1 saturated heterocycles. The first-order valence-corrected chi connectivity index (χ1v) is 13.6. The number of anilines is 1. The number of para-hydroxylation sites is 1. The Bertz CT molecular complexity index is 1650.